The molecule has 0 unspecified atom stereocenters. The normalized spacial score (nSPS) is 24.7. The number of nitrogens with one attached hydrogen (secondary N) is 1. The van der Waals surface area contributed by atoms with Crippen LogP contribution >= 0.6 is 11.8 Å². The minimum atomic E-state index is -0.0830. The number of hydrogen-bond donors (Lipinski definition) is 2. The van der Waals surface area contributed by atoms with Crippen molar-refractivity contribution < 1.29 is 5.11 Å². The van der Waals surface area contributed by atoms with E-state index in [0.29, 0.717) is 11.3 Å². The SMILES string of the molecule is OC1CCC(SCc2ncc3ccc(NC4CCC4)cc3n2)CC1. The smallest absolute Gasteiger partial charge is 0.138 e. The molecule has 0 saturated heterocycles. The lowest BCUT2D eigenvalue weighted by molar-refractivity contribution is 0.132. The van der Waals surface area contributed by atoms with E-state index in [2.05, 4.69) is 28.5 Å². The standard InChI is InChI=1S/C19H25N3OS/c23-16-6-8-17(9-7-16)24-12-19-20-11-13-4-5-15(10-18(13)22-19)21-14-2-1-3-14/h4-5,10-11,14,16-17,21,23H,1-3,6-9,12H2. The lowest BCUT2D eigenvalue weighted by Gasteiger charge is -2.27. The summed E-state index contributed by atoms with van der Waals surface area (Å²) in [5, 5.41) is 14.9. The van der Waals surface area contributed by atoms with E-state index in [1.807, 2.05) is 18.0 Å². The highest BCUT2D eigenvalue weighted by Gasteiger charge is 2.20. The Morgan fingerprint density at radius 3 is 2.71 bits per heavy atom. The first-order chi connectivity index (χ1) is 11.8. The molecule has 24 heavy (non-hydrogen) atoms. The number of nitrogens with zero attached hydrogens (tertiary/aromatic N) is 2. The number of thioether (sulfide) groups is 1. The van der Waals surface area contributed by atoms with Gasteiger partial charge in [-0.15, -0.1) is 0 Å². The maximum atomic E-state index is 9.60. The molecule has 1 heterocycles. The number of aliphatic hydroxyl groups is 1. The highest BCUT2D eigenvalue weighted by atomic mass is 32.2. The van der Waals surface area contributed by atoms with Crippen LogP contribution in [0.5, 0.6) is 0 Å². The average molecular weight is 343 g/mol. The van der Waals surface area contributed by atoms with Crippen molar-refractivity contribution in [1.82, 2.24) is 9.97 Å². The van der Waals surface area contributed by atoms with Crippen LogP contribution in [0.3, 0.4) is 0 Å². The fourth-order valence-corrected chi connectivity index (χ4v) is 4.54. The van der Waals surface area contributed by atoms with Gasteiger partial charge in [0.25, 0.3) is 0 Å². The van der Waals surface area contributed by atoms with Crippen molar-refractivity contribution in [2.45, 2.75) is 68.1 Å². The van der Waals surface area contributed by atoms with Crippen LogP contribution in [0.25, 0.3) is 10.9 Å². The molecular formula is C19H25N3OS. The molecule has 0 bridgehead atoms. The molecule has 1 aromatic carbocycles. The molecule has 2 N–H and O–H groups in total. The second-order valence-electron chi connectivity index (χ2n) is 7.07. The number of aliphatic hydroxyl groups excluding tert-OH is 1. The van der Waals surface area contributed by atoms with Crippen LogP contribution in [-0.2, 0) is 5.75 Å². The molecule has 4 nitrogen and oxygen atoms in total. The van der Waals surface area contributed by atoms with Crippen molar-refractivity contribution in [2.24, 2.45) is 0 Å². The van der Waals surface area contributed by atoms with Gasteiger partial charge in [0.1, 0.15) is 5.82 Å². The van der Waals surface area contributed by atoms with Crippen molar-refractivity contribution in [3.8, 4) is 0 Å². The van der Waals surface area contributed by atoms with Gasteiger partial charge in [-0.2, -0.15) is 11.8 Å². The van der Waals surface area contributed by atoms with E-state index in [0.717, 1.165) is 48.2 Å². The molecule has 0 atom stereocenters. The van der Waals surface area contributed by atoms with Crippen molar-refractivity contribution in [1.29, 1.82) is 0 Å². The van der Waals surface area contributed by atoms with E-state index in [1.54, 1.807) is 0 Å². The number of fused-ring (bicyclic) bond motifs is 1. The van der Waals surface area contributed by atoms with Crippen molar-refractivity contribution >= 4 is 28.4 Å². The molecule has 0 amide bonds. The highest BCUT2D eigenvalue weighted by molar-refractivity contribution is 7.99. The topological polar surface area (TPSA) is 58.0 Å². The Labute approximate surface area is 147 Å². The van der Waals surface area contributed by atoms with E-state index in [9.17, 15) is 5.11 Å². The predicted octanol–water partition coefficient (Wildman–Crippen LogP) is 4.13. The summed E-state index contributed by atoms with van der Waals surface area (Å²) in [6.07, 6.45) is 9.84. The summed E-state index contributed by atoms with van der Waals surface area (Å²) < 4.78 is 0. The minimum absolute atomic E-state index is 0.0830. The van der Waals surface area contributed by atoms with Gasteiger partial charge in [0.2, 0.25) is 0 Å². The van der Waals surface area contributed by atoms with Crippen LogP contribution < -0.4 is 5.32 Å². The van der Waals surface area contributed by atoms with Gasteiger partial charge in [-0.05, 0) is 63.1 Å². The van der Waals surface area contributed by atoms with Gasteiger partial charge < -0.3 is 10.4 Å². The molecule has 5 heteroatoms. The zero-order chi connectivity index (χ0) is 16.4. The quantitative estimate of drug-likeness (QED) is 0.855. The van der Waals surface area contributed by atoms with Crippen molar-refractivity contribution in [3.05, 3.63) is 30.2 Å². The van der Waals surface area contributed by atoms with Gasteiger partial charge in [-0.3, -0.25) is 0 Å². The van der Waals surface area contributed by atoms with Crippen LogP contribution in [-0.4, -0.2) is 32.5 Å². The van der Waals surface area contributed by atoms with Gasteiger partial charge in [0.05, 0.1) is 17.4 Å². The Balaban J connectivity index is 1.41. The zero-order valence-electron chi connectivity index (χ0n) is 13.9. The molecule has 1 aromatic heterocycles. The molecule has 0 spiro atoms. The van der Waals surface area contributed by atoms with Gasteiger partial charge in [0.15, 0.2) is 0 Å². The molecule has 0 radical (unpaired) electrons. The maximum Gasteiger partial charge on any atom is 0.138 e. The fourth-order valence-electron chi connectivity index (χ4n) is 3.41. The lowest BCUT2D eigenvalue weighted by atomic mass is 9.93. The summed E-state index contributed by atoms with van der Waals surface area (Å²) in [6.45, 7) is 0. The lowest BCUT2D eigenvalue weighted by Crippen LogP contribution is -2.26. The molecule has 2 saturated carbocycles. The first kappa shape index (κ1) is 16.2. The molecule has 2 fully saturated rings. The third-order valence-corrected chi connectivity index (χ3v) is 6.57. The molecular weight excluding hydrogens is 318 g/mol. The minimum Gasteiger partial charge on any atom is -0.393 e. The largest absolute Gasteiger partial charge is 0.393 e. The summed E-state index contributed by atoms with van der Waals surface area (Å²) in [5.74, 6) is 1.77. The molecule has 2 aliphatic rings. The number of anilines is 1. The van der Waals surface area contributed by atoms with Crippen LogP contribution in [0.15, 0.2) is 24.4 Å². The number of benzene rings is 1. The Morgan fingerprint density at radius 2 is 1.96 bits per heavy atom. The number of hydrogen-bond acceptors (Lipinski definition) is 5. The Bertz CT molecular complexity index is 696. The summed E-state index contributed by atoms with van der Waals surface area (Å²) in [7, 11) is 0. The summed E-state index contributed by atoms with van der Waals surface area (Å²) in [6, 6.07) is 7.03. The van der Waals surface area contributed by atoms with E-state index in [-0.39, 0.29) is 6.10 Å². The third-order valence-electron chi connectivity index (χ3n) is 5.20. The Hall–Kier alpha value is -1.33. The third kappa shape index (κ3) is 3.83. The van der Waals surface area contributed by atoms with Crippen molar-refractivity contribution in [3.63, 3.8) is 0 Å². The summed E-state index contributed by atoms with van der Waals surface area (Å²) in [4.78, 5) is 9.29. The molecule has 128 valence electrons. The predicted molar refractivity (Wildman–Crippen MR) is 100 cm³/mol. The molecule has 0 aliphatic heterocycles. The van der Waals surface area contributed by atoms with Gasteiger partial charge in [-0.1, -0.05) is 0 Å². The van der Waals surface area contributed by atoms with E-state index >= 15 is 0 Å². The van der Waals surface area contributed by atoms with Crippen LogP contribution in [0, 0.1) is 0 Å². The first-order valence-electron chi connectivity index (χ1n) is 9.08. The molecule has 4 rings (SSSR count). The monoisotopic (exact) mass is 343 g/mol. The number of rotatable bonds is 5. The van der Waals surface area contributed by atoms with Gasteiger partial charge in [-0.25, -0.2) is 9.97 Å². The highest BCUT2D eigenvalue weighted by Crippen LogP contribution is 2.30. The number of aromatic nitrogens is 2. The van der Waals surface area contributed by atoms with Crippen molar-refractivity contribution in [2.75, 3.05) is 5.32 Å². The maximum absolute atomic E-state index is 9.60. The second kappa shape index (κ2) is 7.28. The van der Waals surface area contributed by atoms with E-state index in [1.165, 1.54) is 24.9 Å². The van der Waals surface area contributed by atoms with Crippen LogP contribution in [0.2, 0.25) is 0 Å². The Kier molecular flexibility index (Phi) is 4.90. The van der Waals surface area contributed by atoms with E-state index in [4.69, 9.17) is 4.98 Å². The Morgan fingerprint density at radius 1 is 1.12 bits per heavy atom. The van der Waals surface area contributed by atoms with Crippen LogP contribution in [0.1, 0.15) is 50.8 Å². The van der Waals surface area contributed by atoms with Gasteiger partial charge >= 0.3 is 0 Å². The fraction of sp³-hybridized carbons (Fsp3) is 0.579. The summed E-state index contributed by atoms with van der Waals surface area (Å²) >= 11 is 1.94. The van der Waals surface area contributed by atoms with E-state index < -0.39 is 0 Å². The molecule has 2 aromatic rings. The summed E-state index contributed by atoms with van der Waals surface area (Å²) in [5.41, 5.74) is 2.20. The molecule has 2 aliphatic carbocycles. The first-order valence-corrected chi connectivity index (χ1v) is 10.1. The van der Waals surface area contributed by atoms with Crippen LogP contribution in [0.4, 0.5) is 5.69 Å². The average Bonchev–Trinajstić information content (AvgIpc) is 2.57. The van der Waals surface area contributed by atoms with Gasteiger partial charge in [0, 0.05) is 28.6 Å². The second-order valence-corrected chi connectivity index (χ2v) is 8.36. The zero-order valence-corrected chi connectivity index (χ0v) is 14.8.